The van der Waals surface area contributed by atoms with Gasteiger partial charge in [0.15, 0.2) is 0 Å². The molecular formula is C26H35NO4. The Morgan fingerprint density at radius 2 is 1.58 bits per heavy atom. The molecule has 5 nitrogen and oxygen atoms in total. The number of benzene rings is 2. The minimum absolute atomic E-state index is 0.243. The van der Waals surface area contributed by atoms with Crippen LogP contribution in [0.1, 0.15) is 37.8 Å². The first-order valence-corrected chi connectivity index (χ1v) is 11.5. The first-order valence-electron chi connectivity index (χ1n) is 11.5. The van der Waals surface area contributed by atoms with Crippen LogP contribution in [0.5, 0.6) is 11.5 Å². The summed E-state index contributed by atoms with van der Waals surface area (Å²) in [5, 5.41) is 0. The van der Waals surface area contributed by atoms with Crippen molar-refractivity contribution in [3.8, 4) is 22.6 Å². The third-order valence-corrected chi connectivity index (χ3v) is 6.35. The molecule has 5 heteroatoms. The maximum atomic E-state index is 6.10. The number of ether oxygens (including phenoxy) is 4. The third-order valence-electron chi connectivity index (χ3n) is 6.35. The zero-order valence-electron chi connectivity index (χ0n) is 18.8. The van der Waals surface area contributed by atoms with E-state index in [4.69, 9.17) is 18.9 Å². The van der Waals surface area contributed by atoms with E-state index < -0.39 is 0 Å². The molecule has 2 aliphatic heterocycles. The smallest absolute Gasteiger partial charge is 0.123 e. The third kappa shape index (κ3) is 6.00. The molecule has 4 rings (SSSR count). The number of methoxy groups -OCH3 is 1. The SMILES string of the molecule is COc1cc(OCC2COCCOC2)cc(-c2ccc(C(C)N3CCCCC3)cc2)c1. The lowest BCUT2D eigenvalue weighted by Crippen LogP contribution is -2.32. The second-order valence-electron chi connectivity index (χ2n) is 8.62. The summed E-state index contributed by atoms with van der Waals surface area (Å²) in [5.74, 6) is 1.85. The summed E-state index contributed by atoms with van der Waals surface area (Å²) in [4.78, 5) is 2.59. The van der Waals surface area contributed by atoms with Gasteiger partial charge in [-0.2, -0.15) is 0 Å². The van der Waals surface area contributed by atoms with Gasteiger partial charge in [0.1, 0.15) is 11.5 Å². The topological polar surface area (TPSA) is 40.2 Å². The van der Waals surface area contributed by atoms with E-state index in [9.17, 15) is 0 Å². The van der Waals surface area contributed by atoms with Crippen molar-refractivity contribution in [2.45, 2.75) is 32.2 Å². The second kappa shape index (κ2) is 11.0. The summed E-state index contributed by atoms with van der Waals surface area (Å²) in [6, 6.07) is 15.5. The molecule has 2 heterocycles. The Bertz CT molecular complexity index is 809. The number of piperidine rings is 1. The van der Waals surface area contributed by atoms with Gasteiger partial charge in [0, 0.05) is 18.0 Å². The molecule has 0 aliphatic carbocycles. The normalized spacial score (nSPS) is 19.5. The number of hydrogen-bond acceptors (Lipinski definition) is 5. The van der Waals surface area contributed by atoms with Crippen molar-refractivity contribution in [1.82, 2.24) is 4.90 Å². The van der Waals surface area contributed by atoms with Crippen molar-refractivity contribution in [3.63, 3.8) is 0 Å². The van der Waals surface area contributed by atoms with Crippen molar-refractivity contribution >= 4 is 0 Å². The molecule has 1 atom stereocenters. The molecule has 2 aromatic carbocycles. The van der Waals surface area contributed by atoms with Crippen molar-refractivity contribution < 1.29 is 18.9 Å². The first kappa shape index (κ1) is 22.1. The summed E-state index contributed by atoms with van der Waals surface area (Å²) >= 11 is 0. The van der Waals surface area contributed by atoms with E-state index in [1.54, 1.807) is 7.11 Å². The van der Waals surface area contributed by atoms with E-state index in [0.717, 1.165) is 17.1 Å². The van der Waals surface area contributed by atoms with Crippen LogP contribution in [0.4, 0.5) is 0 Å². The van der Waals surface area contributed by atoms with E-state index in [1.165, 1.54) is 43.5 Å². The van der Waals surface area contributed by atoms with Crippen molar-refractivity contribution in [2.24, 2.45) is 5.92 Å². The van der Waals surface area contributed by atoms with Crippen LogP contribution < -0.4 is 9.47 Å². The molecule has 2 aliphatic rings. The quantitative estimate of drug-likeness (QED) is 0.628. The van der Waals surface area contributed by atoms with Crippen LogP contribution in [0.3, 0.4) is 0 Å². The minimum atomic E-state index is 0.243. The molecule has 2 aromatic rings. The zero-order chi connectivity index (χ0) is 21.5. The van der Waals surface area contributed by atoms with E-state index >= 15 is 0 Å². The average molecular weight is 426 g/mol. The predicted octanol–water partition coefficient (Wildman–Crippen LogP) is 4.95. The van der Waals surface area contributed by atoms with Crippen LogP contribution in [0.2, 0.25) is 0 Å². The van der Waals surface area contributed by atoms with Gasteiger partial charge in [-0.3, -0.25) is 4.90 Å². The summed E-state index contributed by atoms with van der Waals surface area (Å²) < 4.78 is 22.8. The highest BCUT2D eigenvalue weighted by molar-refractivity contribution is 5.67. The zero-order valence-corrected chi connectivity index (χ0v) is 18.8. The summed E-state index contributed by atoms with van der Waals surface area (Å²) in [7, 11) is 1.69. The Hall–Kier alpha value is -2.08. The molecule has 0 radical (unpaired) electrons. The van der Waals surface area contributed by atoms with E-state index in [-0.39, 0.29) is 5.92 Å². The molecule has 168 valence electrons. The van der Waals surface area contributed by atoms with Gasteiger partial charge in [0.05, 0.1) is 40.1 Å². The number of rotatable bonds is 7. The van der Waals surface area contributed by atoms with Gasteiger partial charge in [-0.05, 0) is 61.7 Å². The molecule has 0 N–H and O–H groups in total. The number of hydrogen-bond donors (Lipinski definition) is 0. The average Bonchev–Trinajstić information content (AvgIpc) is 3.11. The Morgan fingerprint density at radius 3 is 2.26 bits per heavy atom. The summed E-state index contributed by atoms with van der Waals surface area (Å²) in [5.41, 5.74) is 3.64. The molecule has 0 bridgehead atoms. The van der Waals surface area contributed by atoms with Crippen LogP contribution in [-0.4, -0.2) is 58.1 Å². The Labute approximate surface area is 186 Å². The van der Waals surface area contributed by atoms with Crippen LogP contribution in [0.25, 0.3) is 11.1 Å². The molecule has 0 spiro atoms. The molecule has 0 aromatic heterocycles. The maximum Gasteiger partial charge on any atom is 0.123 e. The molecule has 2 fully saturated rings. The first-order chi connectivity index (χ1) is 15.2. The highest BCUT2D eigenvalue weighted by atomic mass is 16.5. The van der Waals surface area contributed by atoms with Crippen molar-refractivity contribution in [3.05, 3.63) is 48.0 Å². The van der Waals surface area contributed by atoms with Gasteiger partial charge in [-0.1, -0.05) is 30.7 Å². The Balaban J connectivity index is 1.45. The fraction of sp³-hybridized carbons (Fsp3) is 0.538. The van der Waals surface area contributed by atoms with E-state index in [2.05, 4.69) is 48.2 Å². The number of nitrogens with zero attached hydrogens (tertiary/aromatic N) is 1. The van der Waals surface area contributed by atoms with Gasteiger partial charge >= 0.3 is 0 Å². The molecule has 2 saturated heterocycles. The molecular weight excluding hydrogens is 390 g/mol. The molecule has 31 heavy (non-hydrogen) atoms. The summed E-state index contributed by atoms with van der Waals surface area (Å²) in [6.45, 7) is 7.96. The Kier molecular flexibility index (Phi) is 7.84. The maximum absolute atomic E-state index is 6.10. The van der Waals surface area contributed by atoms with Crippen LogP contribution in [-0.2, 0) is 9.47 Å². The predicted molar refractivity (Wildman–Crippen MR) is 123 cm³/mol. The highest BCUT2D eigenvalue weighted by Gasteiger charge is 2.18. The highest BCUT2D eigenvalue weighted by Crippen LogP contribution is 2.32. The lowest BCUT2D eigenvalue weighted by molar-refractivity contribution is 0.101. The fourth-order valence-electron chi connectivity index (χ4n) is 4.39. The lowest BCUT2D eigenvalue weighted by Gasteiger charge is -2.32. The van der Waals surface area contributed by atoms with Gasteiger partial charge in [0.2, 0.25) is 0 Å². The summed E-state index contributed by atoms with van der Waals surface area (Å²) in [6.07, 6.45) is 3.99. The fourth-order valence-corrected chi connectivity index (χ4v) is 4.39. The minimum Gasteiger partial charge on any atom is -0.497 e. The van der Waals surface area contributed by atoms with E-state index in [1.807, 2.05) is 6.07 Å². The van der Waals surface area contributed by atoms with Crippen LogP contribution in [0.15, 0.2) is 42.5 Å². The van der Waals surface area contributed by atoms with Crippen LogP contribution in [0, 0.1) is 5.92 Å². The standard InChI is InChI=1S/C26H35NO4/c1-20(27-10-4-3-5-11-27)22-6-8-23(9-7-22)24-14-25(28-2)16-26(15-24)31-19-21-17-29-12-13-30-18-21/h6-9,14-16,20-21H,3-5,10-13,17-19H2,1-2H3. The van der Waals surface area contributed by atoms with Crippen LogP contribution >= 0.6 is 0 Å². The second-order valence-corrected chi connectivity index (χ2v) is 8.62. The van der Waals surface area contributed by atoms with Gasteiger partial charge in [-0.15, -0.1) is 0 Å². The van der Waals surface area contributed by atoms with Gasteiger partial charge < -0.3 is 18.9 Å². The van der Waals surface area contributed by atoms with Gasteiger partial charge in [0.25, 0.3) is 0 Å². The largest absolute Gasteiger partial charge is 0.497 e. The van der Waals surface area contributed by atoms with Crippen molar-refractivity contribution in [2.75, 3.05) is 53.2 Å². The molecule has 0 amide bonds. The molecule has 1 unspecified atom stereocenters. The Morgan fingerprint density at radius 1 is 0.903 bits per heavy atom. The molecule has 0 saturated carbocycles. The van der Waals surface area contributed by atoms with E-state index in [0.29, 0.717) is 39.1 Å². The number of likely N-dealkylation sites (tertiary alicyclic amines) is 1. The lowest BCUT2D eigenvalue weighted by atomic mass is 9.99. The van der Waals surface area contributed by atoms with Crippen molar-refractivity contribution in [1.29, 1.82) is 0 Å². The van der Waals surface area contributed by atoms with Gasteiger partial charge in [-0.25, -0.2) is 0 Å². The monoisotopic (exact) mass is 425 g/mol.